The van der Waals surface area contributed by atoms with Gasteiger partial charge in [-0.15, -0.1) is 0 Å². The van der Waals surface area contributed by atoms with E-state index in [2.05, 4.69) is 50.5 Å². The smallest absolute Gasteiger partial charge is 0.226 e. The van der Waals surface area contributed by atoms with Crippen LogP contribution in [0.3, 0.4) is 0 Å². The highest BCUT2D eigenvalue weighted by Gasteiger charge is 2.26. The molecule has 1 aliphatic carbocycles. The highest BCUT2D eigenvalue weighted by molar-refractivity contribution is 5.56. The van der Waals surface area contributed by atoms with E-state index in [4.69, 9.17) is 0 Å². The van der Waals surface area contributed by atoms with Crippen molar-refractivity contribution in [2.75, 3.05) is 38.0 Å². The molecule has 0 saturated carbocycles. The molecular formula is C16H22N6. The van der Waals surface area contributed by atoms with Crippen LogP contribution in [0.5, 0.6) is 0 Å². The van der Waals surface area contributed by atoms with Gasteiger partial charge in [0.05, 0.1) is 6.04 Å². The molecule has 3 rings (SSSR count). The molecule has 0 radical (unpaired) electrons. The molecule has 0 amide bonds. The van der Waals surface area contributed by atoms with E-state index in [1.54, 1.807) is 6.20 Å². The van der Waals surface area contributed by atoms with E-state index in [0.717, 1.165) is 11.5 Å². The molecule has 2 heterocycles. The number of hydrazine groups is 1. The van der Waals surface area contributed by atoms with Gasteiger partial charge in [0, 0.05) is 45.8 Å². The van der Waals surface area contributed by atoms with Crippen molar-refractivity contribution in [1.82, 2.24) is 20.4 Å². The highest BCUT2D eigenvalue weighted by Crippen LogP contribution is 2.28. The normalized spacial score (nSPS) is 20.1. The number of fused-ring (bicyclic) bond motifs is 1. The highest BCUT2D eigenvalue weighted by atomic mass is 15.5. The summed E-state index contributed by atoms with van der Waals surface area (Å²) in [5.74, 6) is 1.59. The van der Waals surface area contributed by atoms with E-state index >= 15 is 0 Å². The average molecular weight is 298 g/mol. The fourth-order valence-electron chi connectivity index (χ4n) is 2.62. The van der Waals surface area contributed by atoms with Gasteiger partial charge in [-0.2, -0.15) is 4.98 Å². The molecule has 1 unspecified atom stereocenters. The summed E-state index contributed by atoms with van der Waals surface area (Å²) in [6.45, 7) is 2.13. The van der Waals surface area contributed by atoms with Crippen LogP contribution in [-0.2, 0) is 0 Å². The van der Waals surface area contributed by atoms with Crippen LogP contribution in [0.2, 0.25) is 0 Å². The lowest BCUT2D eigenvalue weighted by Crippen LogP contribution is -2.34. The summed E-state index contributed by atoms with van der Waals surface area (Å²) in [6.07, 6.45) is 8.32. The summed E-state index contributed by atoms with van der Waals surface area (Å²) in [7, 11) is 7.95. The number of hydrogen-bond acceptors (Lipinski definition) is 6. The molecule has 6 heteroatoms. The van der Waals surface area contributed by atoms with Crippen molar-refractivity contribution in [2.45, 2.75) is 13.0 Å². The second-order valence-corrected chi connectivity index (χ2v) is 5.80. The van der Waals surface area contributed by atoms with Crippen LogP contribution in [-0.4, -0.2) is 49.2 Å². The van der Waals surface area contributed by atoms with Crippen molar-refractivity contribution in [1.29, 1.82) is 0 Å². The van der Waals surface area contributed by atoms with E-state index in [1.807, 2.05) is 39.2 Å². The summed E-state index contributed by atoms with van der Waals surface area (Å²) in [6, 6.07) is 2.19. The van der Waals surface area contributed by atoms with Crippen LogP contribution in [0, 0.1) is 0 Å². The largest absolute Gasteiger partial charge is 0.347 e. The molecular weight excluding hydrogens is 276 g/mol. The van der Waals surface area contributed by atoms with E-state index in [-0.39, 0.29) is 6.04 Å². The maximum atomic E-state index is 4.59. The number of nitrogens with one attached hydrogen (secondary N) is 1. The van der Waals surface area contributed by atoms with Crippen molar-refractivity contribution < 1.29 is 0 Å². The first-order valence-corrected chi connectivity index (χ1v) is 7.32. The summed E-state index contributed by atoms with van der Waals surface area (Å²) < 4.78 is 0. The third-order valence-electron chi connectivity index (χ3n) is 4.11. The molecule has 0 fully saturated rings. The minimum absolute atomic E-state index is 0.268. The molecule has 0 spiro atoms. The zero-order valence-electron chi connectivity index (χ0n) is 13.7. The van der Waals surface area contributed by atoms with Gasteiger partial charge in [0.1, 0.15) is 5.82 Å². The Kier molecular flexibility index (Phi) is 3.62. The van der Waals surface area contributed by atoms with Gasteiger partial charge in [0.2, 0.25) is 5.95 Å². The predicted molar refractivity (Wildman–Crippen MR) is 89.4 cm³/mol. The molecule has 1 aliphatic heterocycles. The lowest BCUT2D eigenvalue weighted by Gasteiger charge is -2.24. The van der Waals surface area contributed by atoms with Crippen LogP contribution >= 0.6 is 0 Å². The zero-order chi connectivity index (χ0) is 15.9. The molecule has 1 aromatic rings. The van der Waals surface area contributed by atoms with Gasteiger partial charge < -0.3 is 14.8 Å². The fraction of sp³-hybridized carbons (Fsp3) is 0.375. The minimum atomic E-state index is 0.268. The van der Waals surface area contributed by atoms with Crippen LogP contribution in [0.15, 0.2) is 47.5 Å². The number of nitrogens with zero attached hydrogens (tertiary/aromatic N) is 5. The second-order valence-electron chi connectivity index (χ2n) is 5.80. The molecule has 0 bridgehead atoms. The van der Waals surface area contributed by atoms with Crippen LogP contribution in [0.4, 0.5) is 11.8 Å². The molecule has 22 heavy (non-hydrogen) atoms. The van der Waals surface area contributed by atoms with Gasteiger partial charge in [0.15, 0.2) is 0 Å². The van der Waals surface area contributed by atoms with Crippen molar-refractivity contribution in [3.8, 4) is 0 Å². The van der Waals surface area contributed by atoms with E-state index in [1.165, 1.54) is 11.3 Å². The summed E-state index contributed by atoms with van der Waals surface area (Å²) in [5, 5.41) is 2.07. The van der Waals surface area contributed by atoms with Gasteiger partial charge in [-0.05, 0) is 30.7 Å². The quantitative estimate of drug-likeness (QED) is 0.913. The second kappa shape index (κ2) is 5.46. The lowest BCUT2D eigenvalue weighted by molar-refractivity contribution is 0.325. The third-order valence-corrected chi connectivity index (χ3v) is 4.11. The Balaban J connectivity index is 1.91. The summed E-state index contributed by atoms with van der Waals surface area (Å²) >= 11 is 0. The maximum Gasteiger partial charge on any atom is 0.226 e. The van der Waals surface area contributed by atoms with Gasteiger partial charge in [-0.25, -0.2) is 10.4 Å². The molecule has 116 valence electrons. The number of likely N-dealkylation sites (N-methyl/N-ethyl adjacent to an activating group) is 1. The monoisotopic (exact) mass is 298 g/mol. The Labute approximate surface area is 131 Å². The Bertz CT molecular complexity index is 673. The van der Waals surface area contributed by atoms with Crippen LogP contribution in [0.1, 0.15) is 6.92 Å². The number of aromatic nitrogens is 2. The summed E-state index contributed by atoms with van der Waals surface area (Å²) in [4.78, 5) is 12.8. The van der Waals surface area contributed by atoms with E-state index in [0.29, 0.717) is 5.95 Å². The maximum absolute atomic E-state index is 4.59. The van der Waals surface area contributed by atoms with Gasteiger partial charge in [0.25, 0.3) is 0 Å². The Morgan fingerprint density at radius 3 is 2.77 bits per heavy atom. The first-order chi connectivity index (χ1) is 10.5. The fourth-order valence-corrected chi connectivity index (χ4v) is 2.62. The van der Waals surface area contributed by atoms with Crippen LogP contribution < -0.4 is 15.2 Å². The molecule has 6 nitrogen and oxygen atoms in total. The number of anilines is 2. The molecule has 1 atom stereocenters. The minimum Gasteiger partial charge on any atom is -0.347 e. The Morgan fingerprint density at radius 1 is 1.27 bits per heavy atom. The van der Waals surface area contributed by atoms with E-state index in [9.17, 15) is 0 Å². The topological polar surface area (TPSA) is 47.5 Å². The molecule has 2 aliphatic rings. The van der Waals surface area contributed by atoms with Gasteiger partial charge >= 0.3 is 0 Å². The molecule has 1 aromatic heterocycles. The van der Waals surface area contributed by atoms with Crippen molar-refractivity contribution in [3.63, 3.8) is 0 Å². The van der Waals surface area contributed by atoms with E-state index < -0.39 is 0 Å². The molecule has 0 aromatic carbocycles. The molecule has 0 saturated heterocycles. The van der Waals surface area contributed by atoms with Crippen LogP contribution in [0.25, 0.3) is 0 Å². The number of allylic oxidation sites excluding steroid dienone is 2. The predicted octanol–water partition coefficient (Wildman–Crippen LogP) is 1.53. The third kappa shape index (κ3) is 2.46. The Morgan fingerprint density at radius 2 is 2.05 bits per heavy atom. The SMILES string of the molecule is CC1=C2C=C(N(C)c3ccnc(N(C)C)n3)C=CC2NN1C. The first kappa shape index (κ1) is 14.6. The standard InChI is InChI=1S/C16H22N6/c1-11-13-10-12(6-7-14(13)19-22(11)5)21(4)15-8-9-17-16(18-15)20(2)3/h6-10,14,19H,1-5H3. The lowest BCUT2D eigenvalue weighted by atomic mass is 10.00. The first-order valence-electron chi connectivity index (χ1n) is 7.32. The van der Waals surface area contributed by atoms with Crippen molar-refractivity contribution in [3.05, 3.63) is 47.5 Å². The van der Waals surface area contributed by atoms with Crippen molar-refractivity contribution in [2.24, 2.45) is 0 Å². The molecule has 1 N–H and O–H groups in total. The van der Waals surface area contributed by atoms with Crippen molar-refractivity contribution >= 4 is 11.8 Å². The van der Waals surface area contributed by atoms with Gasteiger partial charge in [-0.3, -0.25) is 0 Å². The number of rotatable bonds is 3. The summed E-state index contributed by atoms with van der Waals surface area (Å²) in [5.41, 5.74) is 7.07. The zero-order valence-corrected chi connectivity index (χ0v) is 13.7. The number of hydrogen-bond donors (Lipinski definition) is 1. The Hall–Kier alpha value is -2.34. The van der Waals surface area contributed by atoms with Gasteiger partial charge in [-0.1, -0.05) is 6.08 Å². The average Bonchev–Trinajstić information content (AvgIpc) is 2.81.